The van der Waals surface area contributed by atoms with Gasteiger partial charge in [0.25, 0.3) is 5.91 Å². The summed E-state index contributed by atoms with van der Waals surface area (Å²) in [5, 5.41) is 18.3. The molecule has 7 heteroatoms. The molecule has 1 unspecified atom stereocenters. The van der Waals surface area contributed by atoms with E-state index >= 15 is 0 Å². The summed E-state index contributed by atoms with van der Waals surface area (Å²) in [5.74, 6) is 0.503. The topological polar surface area (TPSA) is 84.4 Å². The minimum atomic E-state index is -0.973. The van der Waals surface area contributed by atoms with Crippen molar-refractivity contribution in [3.63, 3.8) is 0 Å². The largest absolute Gasteiger partial charge is 0.469 e. The van der Waals surface area contributed by atoms with Gasteiger partial charge >= 0.3 is 0 Å². The molecule has 112 valence electrons. The number of amides is 1. The molecule has 3 rings (SSSR count). The van der Waals surface area contributed by atoms with Crippen LogP contribution in [0.5, 0.6) is 0 Å². The fourth-order valence-corrected chi connectivity index (χ4v) is 2.81. The third-order valence-corrected chi connectivity index (χ3v) is 3.86. The number of piperidine rings is 1. The third kappa shape index (κ3) is 2.82. The van der Waals surface area contributed by atoms with Crippen LogP contribution in [-0.4, -0.2) is 49.6 Å². The van der Waals surface area contributed by atoms with Gasteiger partial charge in [0.2, 0.25) is 0 Å². The number of likely N-dealkylation sites (tertiary alicyclic amines) is 1. The molecule has 1 atom stereocenters. The van der Waals surface area contributed by atoms with Crippen molar-refractivity contribution >= 4 is 5.91 Å². The lowest BCUT2D eigenvalue weighted by Crippen LogP contribution is -2.52. The van der Waals surface area contributed by atoms with Gasteiger partial charge in [-0.1, -0.05) is 5.21 Å². The SMILES string of the molecule is Cc1occc1C(=O)N1CCCC(O)(Cn2ccnn2)C1. The van der Waals surface area contributed by atoms with Crippen molar-refractivity contribution < 1.29 is 14.3 Å². The maximum absolute atomic E-state index is 12.5. The number of rotatable bonds is 3. The Morgan fingerprint density at radius 3 is 3.10 bits per heavy atom. The number of aryl methyl sites for hydroxylation is 1. The van der Waals surface area contributed by atoms with Gasteiger partial charge in [-0.2, -0.15) is 0 Å². The van der Waals surface area contributed by atoms with Crippen molar-refractivity contribution in [3.8, 4) is 0 Å². The van der Waals surface area contributed by atoms with E-state index in [1.807, 2.05) is 0 Å². The summed E-state index contributed by atoms with van der Waals surface area (Å²) in [5.41, 5.74) is -0.417. The Balaban J connectivity index is 1.73. The molecule has 1 aliphatic rings. The molecule has 7 nitrogen and oxygen atoms in total. The van der Waals surface area contributed by atoms with E-state index in [1.54, 1.807) is 35.0 Å². The maximum Gasteiger partial charge on any atom is 0.257 e. The van der Waals surface area contributed by atoms with E-state index < -0.39 is 5.60 Å². The molecule has 21 heavy (non-hydrogen) atoms. The Morgan fingerprint density at radius 2 is 2.43 bits per heavy atom. The minimum absolute atomic E-state index is 0.0991. The van der Waals surface area contributed by atoms with Crippen LogP contribution < -0.4 is 0 Å². The van der Waals surface area contributed by atoms with E-state index in [9.17, 15) is 9.90 Å². The van der Waals surface area contributed by atoms with Gasteiger partial charge < -0.3 is 14.4 Å². The van der Waals surface area contributed by atoms with Crippen LogP contribution in [0.1, 0.15) is 29.0 Å². The predicted molar refractivity (Wildman–Crippen MR) is 73.6 cm³/mol. The van der Waals surface area contributed by atoms with E-state index in [4.69, 9.17) is 4.42 Å². The number of carbonyl (C=O) groups is 1. The van der Waals surface area contributed by atoms with Gasteiger partial charge in [0.15, 0.2) is 0 Å². The average molecular weight is 290 g/mol. The van der Waals surface area contributed by atoms with Gasteiger partial charge in [0.1, 0.15) is 11.4 Å². The monoisotopic (exact) mass is 290 g/mol. The summed E-state index contributed by atoms with van der Waals surface area (Å²) < 4.78 is 6.78. The fraction of sp³-hybridized carbons (Fsp3) is 0.500. The first-order valence-electron chi connectivity index (χ1n) is 6.97. The first-order chi connectivity index (χ1) is 10.1. The van der Waals surface area contributed by atoms with Crippen molar-refractivity contribution in [3.05, 3.63) is 36.0 Å². The molecule has 2 aromatic rings. The lowest BCUT2D eigenvalue weighted by atomic mass is 9.92. The van der Waals surface area contributed by atoms with E-state index in [1.165, 1.54) is 6.26 Å². The van der Waals surface area contributed by atoms with Crippen LogP contribution in [0, 0.1) is 6.92 Å². The molecule has 0 aromatic carbocycles. The van der Waals surface area contributed by atoms with Crippen molar-refractivity contribution in [2.75, 3.05) is 13.1 Å². The molecular weight excluding hydrogens is 272 g/mol. The van der Waals surface area contributed by atoms with E-state index in [-0.39, 0.29) is 12.5 Å². The van der Waals surface area contributed by atoms with Gasteiger partial charge in [-0.3, -0.25) is 4.79 Å². The standard InChI is InChI=1S/C14H18N4O3/c1-11-12(3-8-21-11)13(19)17-6-2-4-14(20,9-17)10-18-7-5-15-16-18/h3,5,7-8,20H,2,4,6,9-10H2,1H3. The zero-order valence-corrected chi connectivity index (χ0v) is 11.9. The Hall–Kier alpha value is -2.15. The molecule has 0 saturated carbocycles. The summed E-state index contributed by atoms with van der Waals surface area (Å²) in [7, 11) is 0. The summed E-state index contributed by atoms with van der Waals surface area (Å²) in [6.07, 6.45) is 6.19. The maximum atomic E-state index is 12.5. The number of hydrogen-bond acceptors (Lipinski definition) is 5. The molecule has 1 aliphatic heterocycles. The number of furan rings is 1. The highest BCUT2D eigenvalue weighted by molar-refractivity contribution is 5.95. The van der Waals surface area contributed by atoms with Crippen LogP contribution >= 0.6 is 0 Å². The predicted octanol–water partition coefficient (Wildman–Crippen LogP) is 0.847. The van der Waals surface area contributed by atoms with Crippen LogP contribution in [0.2, 0.25) is 0 Å². The zero-order valence-electron chi connectivity index (χ0n) is 11.9. The van der Waals surface area contributed by atoms with Crippen molar-refractivity contribution in [2.45, 2.75) is 31.9 Å². The highest BCUT2D eigenvalue weighted by Crippen LogP contribution is 2.25. The zero-order chi connectivity index (χ0) is 14.9. The Kier molecular flexibility index (Phi) is 3.50. The quantitative estimate of drug-likeness (QED) is 0.905. The molecule has 0 radical (unpaired) electrons. The lowest BCUT2D eigenvalue weighted by molar-refractivity contribution is -0.0387. The molecule has 1 N–H and O–H groups in total. The lowest BCUT2D eigenvalue weighted by Gasteiger charge is -2.39. The van der Waals surface area contributed by atoms with Gasteiger partial charge in [0, 0.05) is 12.7 Å². The molecule has 3 heterocycles. The second kappa shape index (κ2) is 5.33. The minimum Gasteiger partial charge on any atom is -0.469 e. The molecule has 0 aliphatic carbocycles. The molecule has 0 bridgehead atoms. The van der Waals surface area contributed by atoms with Crippen LogP contribution in [0.15, 0.2) is 29.1 Å². The summed E-state index contributed by atoms with van der Waals surface area (Å²) in [6, 6.07) is 1.67. The number of aliphatic hydroxyl groups is 1. The molecule has 2 aromatic heterocycles. The molecule has 1 amide bonds. The molecule has 1 fully saturated rings. The van der Waals surface area contributed by atoms with Crippen molar-refractivity contribution in [1.82, 2.24) is 19.9 Å². The van der Waals surface area contributed by atoms with Crippen LogP contribution in [0.25, 0.3) is 0 Å². The van der Waals surface area contributed by atoms with E-state index in [0.717, 1.165) is 6.42 Å². The second-order valence-corrected chi connectivity index (χ2v) is 5.55. The molecular formula is C14H18N4O3. The Morgan fingerprint density at radius 1 is 1.57 bits per heavy atom. The number of aromatic nitrogens is 3. The first kappa shape index (κ1) is 13.8. The Bertz CT molecular complexity index is 622. The first-order valence-corrected chi connectivity index (χ1v) is 6.97. The van der Waals surface area contributed by atoms with Crippen LogP contribution in [-0.2, 0) is 6.54 Å². The van der Waals surface area contributed by atoms with Crippen LogP contribution in [0.3, 0.4) is 0 Å². The number of β-amino-alcohol motifs (C(OH)–C–C–N with tert-alkyl or cyclic N) is 1. The van der Waals surface area contributed by atoms with Crippen molar-refractivity contribution in [2.24, 2.45) is 0 Å². The number of carbonyl (C=O) groups excluding carboxylic acids is 1. The van der Waals surface area contributed by atoms with E-state index in [2.05, 4.69) is 10.3 Å². The van der Waals surface area contributed by atoms with Crippen LogP contribution in [0.4, 0.5) is 0 Å². The normalized spacial score (nSPS) is 22.5. The second-order valence-electron chi connectivity index (χ2n) is 5.55. The van der Waals surface area contributed by atoms with Crippen molar-refractivity contribution in [1.29, 1.82) is 0 Å². The third-order valence-electron chi connectivity index (χ3n) is 3.86. The van der Waals surface area contributed by atoms with Gasteiger partial charge in [-0.05, 0) is 25.8 Å². The number of hydrogen-bond donors (Lipinski definition) is 1. The summed E-state index contributed by atoms with van der Waals surface area (Å²) in [4.78, 5) is 14.2. The highest BCUT2D eigenvalue weighted by Gasteiger charge is 2.36. The highest BCUT2D eigenvalue weighted by atomic mass is 16.3. The summed E-state index contributed by atoms with van der Waals surface area (Å²) >= 11 is 0. The van der Waals surface area contributed by atoms with Gasteiger partial charge in [-0.15, -0.1) is 5.10 Å². The molecule has 1 saturated heterocycles. The van der Waals surface area contributed by atoms with E-state index in [0.29, 0.717) is 30.8 Å². The van der Waals surface area contributed by atoms with Gasteiger partial charge in [0.05, 0.1) is 31.1 Å². The smallest absolute Gasteiger partial charge is 0.257 e. The summed E-state index contributed by atoms with van der Waals surface area (Å²) in [6.45, 7) is 3.03. The Labute approximate surface area is 122 Å². The number of nitrogens with zero attached hydrogens (tertiary/aromatic N) is 4. The van der Waals surface area contributed by atoms with Gasteiger partial charge in [-0.25, -0.2) is 4.68 Å². The fourth-order valence-electron chi connectivity index (χ4n) is 2.81. The molecule has 0 spiro atoms. The average Bonchev–Trinajstić information content (AvgIpc) is 3.09.